The smallest absolute Gasteiger partial charge is 0.326 e. The van der Waals surface area contributed by atoms with Gasteiger partial charge in [0.2, 0.25) is 5.91 Å². The van der Waals surface area contributed by atoms with E-state index in [2.05, 4.69) is 4.74 Å². The minimum Gasteiger partial charge on any atom is -0.480 e. The lowest BCUT2D eigenvalue weighted by atomic mass is 10.2. The number of carbonyl (C=O) groups excluding carboxylic acids is 2. The second-order valence-electron chi connectivity index (χ2n) is 3.57. The van der Waals surface area contributed by atoms with Crippen molar-refractivity contribution in [2.45, 2.75) is 32.2 Å². The molecule has 1 N–H and O–H groups in total. The van der Waals surface area contributed by atoms with Crippen LogP contribution in [-0.4, -0.2) is 47.0 Å². The Bertz CT molecular complexity index is 302. The van der Waals surface area contributed by atoms with Gasteiger partial charge < -0.3 is 14.7 Å². The molecule has 1 heterocycles. The number of hydrogen-bond donors (Lipinski definition) is 1. The topological polar surface area (TPSA) is 83.9 Å². The molecule has 1 aliphatic rings. The van der Waals surface area contributed by atoms with Gasteiger partial charge in [-0.2, -0.15) is 0 Å². The largest absolute Gasteiger partial charge is 0.480 e. The number of carbonyl (C=O) groups is 3. The van der Waals surface area contributed by atoms with Crippen LogP contribution in [0, 0.1) is 0 Å². The average molecular weight is 229 g/mol. The summed E-state index contributed by atoms with van der Waals surface area (Å²) in [5.74, 6) is -2.10. The Balaban J connectivity index is 2.53. The van der Waals surface area contributed by atoms with Crippen molar-refractivity contribution >= 4 is 17.8 Å². The lowest BCUT2D eigenvalue weighted by Gasteiger charge is -2.20. The Kier molecular flexibility index (Phi) is 4.28. The Morgan fingerprint density at radius 1 is 1.44 bits per heavy atom. The van der Waals surface area contributed by atoms with E-state index >= 15 is 0 Å². The first kappa shape index (κ1) is 12.5. The molecule has 1 fully saturated rings. The summed E-state index contributed by atoms with van der Waals surface area (Å²) in [5.41, 5.74) is 0. The van der Waals surface area contributed by atoms with Crippen molar-refractivity contribution in [3.63, 3.8) is 0 Å². The number of hydrogen-bond acceptors (Lipinski definition) is 4. The summed E-state index contributed by atoms with van der Waals surface area (Å²) in [4.78, 5) is 34.7. The summed E-state index contributed by atoms with van der Waals surface area (Å²) in [7, 11) is 0. The normalized spacial score (nSPS) is 19.6. The lowest BCUT2D eigenvalue weighted by Crippen LogP contribution is -2.41. The van der Waals surface area contributed by atoms with Gasteiger partial charge in [-0.3, -0.25) is 9.59 Å². The monoisotopic (exact) mass is 229 g/mol. The van der Waals surface area contributed by atoms with Crippen LogP contribution in [-0.2, 0) is 19.1 Å². The van der Waals surface area contributed by atoms with Gasteiger partial charge >= 0.3 is 11.9 Å². The molecule has 90 valence electrons. The molecule has 0 aromatic heterocycles. The van der Waals surface area contributed by atoms with Crippen LogP contribution in [0.25, 0.3) is 0 Å². The summed E-state index contributed by atoms with van der Waals surface area (Å²) in [6.07, 6.45) is 0.729. The third-order valence-corrected chi connectivity index (χ3v) is 2.46. The van der Waals surface area contributed by atoms with Crippen molar-refractivity contribution < 1.29 is 24.2 Å². The molecule has 1 unspecified atom stereocenters. The van der Waals surface area contributed by atoms with E-state index in [-0.39, 0.29) is 13.0 Å². The van der Waals surface area contributed by atoms with Gasteiger partial charge in [-0.15, -0.1) is 0 Å². The van der Waals surface area contributed by atoms with Crippen molar-refractivity contribution in [1.29, 1.82) is 0 Å². The number of carboxylic acids is 1. The van der Waals surface area contributed by atoms with Crippen LogP contribution in [0.1, 0.15) is 26.2 Å². The molecule has 6 heteroatoms. The summed E-state index contributed by atoms with van der Waals surface area (Å²) in [6, 6.07) is -0.790. The van der Waals surface area contributed by atoms with Crippen LogP contribution in [0.2, 0.25) is 0 Å². The van der Waals surface area contributed by atoms with Crippen molar-refractivity contribution in [3.05, 3.63) is 0 Å². The number of carboxylic acid groups (broad SMARTS) is 1. The maximum Gasteiger partial charge on any atom is 0.326 e. The summed E-state index contributed by atoms with van der Waals surface area (Å²) in [6.45, 7) is 2.27. The van der Waals surface area contributed by atoms with Gasteiger partial charge in [0, 0.05) is 6.54 Å². The molecule has 0 saturated carbocycles. The molecule has 0 aliphatic carbocycles. The molecule has 0 aromatic carbocycles. The summed E-state index contributed by atoms with van der Waals surface area (Å²) >= 11 is 0. The molecule has 1 saturated heterocycles. The van der Waals surface area contributed by atoms with E-state index in [1.807, 2.05) is 0 Å². The molecule has 16 heavy (non-hydrogen) atoms. The Morgan fingerprint density at radius 2 is 2.12 bits per heavy atom. The molecule has 1 amide bonds. The molecule has 0 aromatic rings. The highest BCUT2D eigenvalue weighted by Gasteiger charge is 2.34. The Morgan fingerprint density at radius 3 is 2.69 bits per heavy atom. The van der Waals surface area contributed by atoms with Gasteiger partial charge in [-0.1, -0.05) is 0 Å². The molecule has 1 rings (SSSR count). The quantitative estimate of drug-likeness (QED) is 0.542. The van der Waals surface area contributed by atoms with Gasteiger partial charge in [0.1, 0.15) is 12.5 Å². The number of nitrogens with zero attached hydrogens (tertiary/aromatic N) is 1. The molecule has 1 aliphatic heterocycles. The second kappa shape index (κ2) is 5.48. The maximum absolute atomic E-state index is 11.6. The first-order valence-electron chi connectivity index (χ1n) is 5.24. The van der Waals surface area contributed by atoms with Gasteiger partial charge in [0.15, 0.2) is 0 Å². The minimum absolute atomic E-state index is 0.217. The average Bonchev–Trinajstić information content (AvgIpc) is 2.65. The van der Waals surface area contributed by atoms with E-state index in [1.54, 1.807) is 6.92 Å². The molecule has 1 atom stereocenters. The van der Waals surface area contributed by atoms with Crippen molar-refractivity contribution in [2.75, 3.05) is 13.2 Å². The summed E-state index contributed by atoms with van der Waals surface area (Å²) in [5, 5.41) is 8.86. The van der Waals surface area contributed by atoms with Crippen LogP contribution in [0.15, 0.2) is 0 Å². The number of aliphatic carboxylic acids is 1. The third-order valence-electron chi connectivity index (χ3n) is 2.46. The SMILES string of the molecule is CCOC(=O)CC(=O)N1CCCC1C(=O)O. The molecule has 0 bridgehead atoms. The van der Waals surface area contributed by atoms with Crippen molar-refractivity contribution in [3.8, 4) is 0 Å². The van der Waals surface area contributed by atoms with E-state index in [1.165, 1.54) is 4.90 Å². The lowest BCUT2D eigenvalue weighted by molar-refractivity contribution is -0.153. The zero-order chi connectivity index (χ0) is 12.1. The Hall–Kier alpha value is -1.59. The number of ether oxygens (including phenoxy) is 1. The standard InChI is InChI=1S/C10H15NO5/c1-2-16-9(13)6-8(12)11-5-3-4-7(11)10(14)15/h7H,2-6H2,1H3,(H,14,15). The van der Waals surface area contributed by atoms with Crippen molar-refractivity contribution in [2.24, 2.45) is 0 Å². The van der Waals surface area contributed by atoms with E-state index in [9.17, 15) is 14.4 Å². The number of likely N-dealkylation sites (tertiary alicyclic amines) is 1. The van der Waals surface area contributed by atoms with Crippen LogP contribution in [0.3, 0.4) is 0 Å². The molecule has 6 nitrogen and oxygen atoms in total. The first-order valence-corrected chi connectivity index (χ1v) is 5.24. The highest BCUT2D eigenvalue weighted by Crippen LogP contribution is 2.18. The van der Waals surface area contributed by atoms with Crippen molar-refractivity contribution in [1.82, 2.24) is 4.90 Å². The predicted molar refractivity (Wildman–Crippen MR) is 53.6 cm³/mol. The zero-order valence-corrected chi connectivity index (χ0v) is 9.14. The Labute approximate surface area is 93.2 Å². The van der Waals surface area contributed by atoms with Gasteiger partial charge in [0.05, 0.1) is 6.61 Å². The van der Waals surface area contributed by atoms with Crippen LogP contribution in [0.5, 0.6) is 0 Å². The predicted octanol–water partition coefficient (Wildman–Crippen LogP) is 0.0152. The number of esters is 1. The van der Waals surface area contributed by atoms with Crippen LogP contribution in [0.4, 0.5) is 0 Å². The first-order chi connectivity index (χ1) is 7.56. The van der Waals surface area contributed by atoms with E-state index < -0.39 is 23.9 Å². The number of rotatable bonds is 4. The fourth-order valence-electron chi connectivity index (χ4n) is 1.76. The zero-order valence-electron chi connectivity index (χ0n) is 9.14. The highest BCUT2D eigenvalue weighted by molar-refractivity contribution is 5.96. The van der Waals surface area contributed by atoms with Gasteiger partial charge in [-0.25, -0.2) is 4.79 Å². The molecule has 0 spiro atoms. The van der Waals surface area contributed by atoms with Gasteiger partial charge in [-0.05, 0) is 19.8 Å². The van der Waals surface area contributed by atoms with Crippen LogP contribution < -0.4 is 0 Å². The molecule has 0 radical (unpaired) electrons. The second-order valence-corrected chi connectivity index (χ2v) is 3.57. The minimum atomic E-state index is -1.02. The van der Waals surface area contributed by atoms with E-state index in [0.29, 0.717) is 19.4 Å². The third kappa shape index (κ3) is 2.95. The number of amides is 1. The van der Waals surface area contributed by atoms with Gasteiger partial charge in [0.25, 0.3) is 0 Å². The summed E-state index contributed by atoms with van der Waals surface area (Å²) < 4.78 is 4.63. The fraction of sp³-hybridized carbons (Fsp3) is 0.700. The molecular formula is C10H15NO5. The highest BCUT2D eigenvalue weighted by atomic mass is 16.5. The van der Waals surface area contributed by atoms with E-state index in [4.69, 9.17) is 5.11 Å². The van der Waals surface area contributed by atoms with E-state index in [0.717, 1.165) is 0 Å². The molecular weight excluding hydrogens is 214 g/mol. The van der Waals surface area contributed by atoms with Crippen LogP contribution >= 0.6 is 0 Å². The fourth-order valence-corrected chi connectivity index (χ4v) is 1.76. The maximum atomic E-state index is 11.6.